The van der Waals surface area contributed by atoms with Crippen LogP contribution in [-0.2, 0) is 52.3 Å². The van der Waals surface area contributed by atoms with Crippen LogP contribution < -0.4 is 0 Å². The van der Waals surface area contributed by atoms with Crippen LogP contribution in [0.3, 0.4) is 0 Å². The highest BCUT2D eigenvalue weighted by molar-refractivity contribution is 5.68. The molecule has 0 aromatic rings. The summed E-state index contributed by atoms with van der Waals surface area (Å²) in [4.78, 5) is 47.3. The summed E-state index contributed by atoms with van der Waals surface area (Å²) in [6, 6.07) is 0. The van der Waals surface area contributed by atoms with Crippen LogP contribution >= 0.6 is 0 Å². The van der Waals surface area contributed by atoms with Crippen LogP contribution in [0.4, 0.5) is 0 Å². The van der Waals surface area contributed by atoms with Gasteiger partial charge in [0.05, 0.1) is 13.2 Å². The number of carbonyl (C=O) groups is 4. The molecule has 2 heterocycles. The summed E-state index contributed by atoms with van der Waals surface area (Å²) in [5.74, 6) is -4.67. The molecule has 188 valence electrons. The molecule has 2 aliphatic heterocycles. The van der Waals surface area contributed by atoms with Crippen LogP contribution in [0, 0.1) is 0 Å². The third-order valence-electron chi connectivity index (χ3n) is 5.15. The molecular formula is C22H34O11. The van der Waals surface area contributed by atoms with Crippen LogP contribution in [0.2, 0.25) is 0 Å². The highest BCUT2D eigenvalue weighted by Crippen LogP contribution is 2.38. The standard InChI is InChI=1S/C22H34O11/c1-14(23)27-13-18-19(30-15(2)24)20(31-16(3)25)21(32-17(4)26)22(33-18)28-11-9-7-5-6-8-10-12-29-22/h18-21H,5-13H2,1-4H3/t18-,19-,20+,21-/m1/s1. The molecule has 1 spiro atoms. The molecular weight excluding hydrogens is 440 g/mol. The van der Waals surface area contributed by atoms with E-state index in [4.69, 9.17) is 33.2 Å². The molecule has 4 atom stereocenters. The van der Waals surface area contributed by atoms with Crippen LogP contribution in [0.15, 0.2) is 0 Å². The summed E-state index contributed by atoms with van der Waals surface area (Å²) in [7, 11) is 0. The lowest BCUT2D eigenvalue weighted by atomic mass is 9.96. The number of carbonyl (C=O) groups excluding carboxylic acids is 4. The lowest BCUT2D eigenvalue weighted by molar-refractivity contribution is -0.460. The van der Waals surface area contributed by atoms with Gasteiger partial charge in [-0.15, -0.1) is 0 Å². The Hall–Kier alpha value is -2.24. The van der Waals surface area contributed by atoms with Crippen molar-refractivity contribution in [3.63, 3.8) is 0 Å². The van der Waals surface area contributed by atoms with Gasteiger partial charge in [0, 0.05) is 27.7 Å². The third kappa shape index (κ3) is 8.24. The molecule has 2 rings (SSSR count). The zero-order valence-electron chi connectivity index (χ0n) is 19.7. The lowest BCUT2D eigenvalue weighted by Gasteiger charge is -2.49. The first-order valence-corrected chi connectivity index (χ1v) is 11.3. The Morgan fingerprint density at radius 2 is 1.18 bits per heavy atom. The molecule has 11 heteroatoms. The Labute approximate surface area is 193 Å². The van der Waals surface area contributed by atoms with Gasteiger partial charge in [-0.3, -0.25) is 19.2 Å². The first kappa shape index (κ1) is 27.0. The molecule has 2 fully saturated rings. The topological polar surface area (TPSA) is 133 Å². The number of hydrogen-bond acceptors (Lipinski definition) is 11. The summed E-state index contributed by atoms with van der Waals surface area (Å²) in [6.45, 7) is 4.80. The van der Waals surface area contributed by atoms with E-state index < -0.39 is 54.3 Å². The molecule has 11 nitrogen and oxygen atoms in total. The van der Waals surface area contributed by atoms with E-state index in [0.29, 0.717) is 12.8 Å². The average molecular weight is 475 g/mol. The van der Waals surface area contributed by atoms with Gasteiger partial charge >= 0.3 is 29.9 Å². The van der Waals surface area contributed by atoms with E-state index in [1.807, 2.05) is 0 Å². The zero-order chi connectivity index (χ0) is 24.4. The normalized spacial score (nSPS) is 28.1. The predicted octanol–water partition coefficient (Wildman–Crippen LogP) is 1.78. The van der Waals surface area contributed by atoms with E-state index in [-0.39, 0.29) is 19.8 Å². The van der Waals surface area contributed by atoms with Crippen LogP contribution in [-0.4, -0.2) is 74.1 Å². The smallest absolute Gasteiger partial charge is 0.326 e. The molecule has 0 radical (unpaired) electrons. The van der Waals surface area contributed by atoms with E-state index in [9.17, 15) is 19.2 Å². The number of esters is 4. The molecule has 0 aromatic heterocycles. The molecule has 2 aliphatic rings. The van der Waals surface area contributed by atoms with E-state index in [2.05, 4.69) is 0 Å². The molecule has 0 aliphatic carbocycles. The van der Waals surface area contributed by atoms with Gasteiger partial charge in [0.1, 0.15) is 12.7 Å². The van der Waals surface area contributed by atoms with Gasteiger partial charge in [-0.1, -0.05) is 25.7 Å². The van der Waals surface area contributed by atoms with E-state index in [0.717, 1.165) is 32.6 Å². The maximum Gasteiger partial charge on any atom is 0.326 e. The Kier molecular flexibility index (Phi) is 10.5. The monoisotopic (exact) mass is 474 g/mol. The maximum absolute atomic E-state index is 12.0. The first-order valence-electron chi connectivity index (χ1n) is 11.3. The fourth-order valence-corrected chi connectivity index (χ4v) is 3.85. The molecule has 0 bridgehead atoms. The van der Waals surface area contributed by atoms with Crippen molar-refractivity contribution in [2.75, 3.05) is 19.8 Å². The highest BCUT2D eigenvalue weighted by atomic mass is 16.9. The van der Waals surface area contributed by atoms with Gasteiger partial charge in [-0.2, -0.15) is 0 Å². The largest absolute Gasteiger partial charge is 0.463 e. The minimum Gasteiger partial charge on any atom is -0.463 e. The summed E-state index contributed by atoms with van der Waals surface area (Å²) in [5, 5.41) is 0. The first-order chi connectivity index (χ1) is 15.6. The van der Waals surface area contributed by atoms with Crippen molar-refractivity contribution < 1.29 is 52.3 Å². The quantitative estimate of drug-likeness (QED) is 0.426. The van der Waals surface area contributed by atoms with Gasteiger partial charge in [0.2, 0.25) is 6.10 Å². The van der Waals surface area contributed by atoms with Crippen molar-refractivity contribution >= 4 is 23.9 Å². The fourth-order valence-electron chi connectivity index (χ4n) is 3.85. The van der Waals surface area contributed by atoms with Crippen LogP contribution in [0.5, 0.6) is 0 Å². The van der Waals surface area contributed by atoms with Crippen molar-refractivity contribution in [1.82, 2.24) is 0 Å². The van der Waals surface area contributed by atoms with Gasteiger partial charge in [0.25, 0.3) is 0 Å². The third-order valence-corrected chi connectivity index (χ3v) is 5.15. The minimum atomic E-state index is -1.96. The van der Waals surface area contributed by atoms with Crippen molar-refractivity contribution in [3.8, 4) is 0 Å². The van der Waals surface area contributed by atoms with Crippen LogP contribution in [0.25, 0.3) is 0 Å². The van der Waals surface area contributed by atoms with Crippen LogP contribution in [0.1, 0.15) is 66.2 Å². The second kappa shape index (κ2) is 12.9. The van der Waals surface area contributed by atoms with Crippen molar-refractivity contribution in [2.45, 2.75) is 96.6 Å². The van der Waals surface area contributed by atoms with Crippen molar-refractivity contribution in [3.05, 3.63) is 0 Å². The zero-order valence-corrected chi connectivity index (χ0v) is 19.7. The number of rotatable bonds is 5. The molecule has 0 aromatic carbocycles. The van der Waals surface area contributed by atoms with Gasteiger partial charge in [-0.25, -0.2) is 0 Å². The van der Waals surface area contributed by atoms with E-state index in [1.54, 1.807) is 0 Å². The molecule has 33 heavy (non-hydrogen) atoms. The summed E-state index contributed by atoms with van der Waals surface area (Å²) >= 11 is 0. The van der Waals surface area contributed by atoms with E-state index in [1.165, 1.54) is 20.8 Å². The Morgan fingerprint density at radius 1 is 0.697 bits per heavy atom. The second-order valence-corrected chi connectivity index (χ2v) is 8.06. The average Bonchev–Trinajstić information content (AvgIpc) is 2.76. The van der Waals surface area contributed by atoms with Crippen molar-refractivity contribution in [2.24, 2.45) is 0 Å². The summed E-state index contributed by atoms with van der Waals surface area (Å²) < 4.78 is 39.6. The molecule has 2 saturated heterocycles. The molecule has 0 saturated carbocycles. The Bertz CT molecular complexity index is 680. The van der Waals surface area contributed by atoms with Gasteiger partial charge in [-0.05, 0) is 12.8 Å². The highest BCUT2D eigenvalue weighted by Gasteiger charge is 2.62. The fraction of sp³-hybridized carbons (Fsp3) is 0.818. The minimum absolute atomic E-state index is 0.211. The number of ether oxygens (including phenoxy) is 7. The maximum atomic E-state index is 12.0. The number of hydrogen-bond donors (Lipinski definition) is 0. The van der Waals surface area contributed by atoms with Gasteiger partial charge < -0.3 is 33.2 Å². The summed E-state index contributed by atoms with van der Waals surface area (Å²) in [6.07, 6.45) is 0.207. The van der Waals surface area contributed by atoms with Crippen molar-refractivity contribution in [1.29, 1.82) is 0 Å². The second-order valence-electron chi connectivity index (χ2n) is 8.06. The van der Waals surface area contributed by atoms with Gasteiger partial charge in [0.15, 0.2) is 12.2 Å². The molecule has 0 N–H and O–H groups in total. The Morgan fingerprint density at radius 3 is 1.67 bits per heavy atom. The Balaban J connectivity index is 2.51. The molecule has 0 amide bonds. The SMILES string of the molecule is CC(=O)OC[C@H]1OC2(OCCCCCCCCO2)[C@H](OC(C)=O)[C@@H](OC(C)=O)[C@@H]1OC(C)=O. The summed E-state index contributed by atoms with van der Waals surface area (Å²) in [5.41, 5.74) is 0. The van der Waals surface area contributed by atoms with E-state index >= 15 is 0 Å². The molecule has 0 unspecified atom stereocenters. The predicted molar refractivity (Wildman–Crippen MR) is 111 cm³/mol. The lowest BCUT2D eigenvalue weighted by Crippen LogP contribution is -2.69.